The monoisotopic (exact) mass is 243 g/mol. The summed E-state index contributed by atoms with van der Waals surface area (Å²) in [5.74, 6) is 0.0482. The van der Waals surface area contributed by atoms with Crippen LogP contribution in [-0.4, -0.2) is 15.7 Å². The first-order chi connectivity index (χ1) is 8.74. The van der Waals surface area contributed by atoms with Crippen LogP contribution in [0.2, 0.25) is 0 Å². The quantitative estimate of drug-likeness (QED) is 0.871. The number of hydrogen-bond donors (Lipinski definition) is 1. The lowest BCUT2D eigenvalue weighted by molar-refractivity contribution is -0.121. The fourth-order valence-corrected chi connectivity index (χ4v) is 1.76. The number of benzene rings is 1. The second-order valence-corrected chi connectivity index (χ2v) is 4.28. The fourth-order valence-electron chi connectivity index (χ4n) is 1.76. The molecule has 1 N–H and O–H groups in total. The second kappa shape index (κ2) is 6.00. The molecule has 4 nitrogen and oxygen atoms in total. The molecule has 0 radical (unpaired) electrons. The molecule has 0 bridgehead atoms. The molecule has 1 amide bonds. The highest BCUT2D eigenvalue weighted by Gasteiger charge is 2.02. The van der Waals surface area contributed by atoms with Gasteiger partial charge < -0.3 is 5.32 Å². The standard InChI is InChI=1S/C14H17N3O/c1-12-4-2-5-13(10-12)11-15-14(18)6-9-17-8-3-7-16-17/h2-5,7-8,10H,6,9,11H2,1H3,(H,15,18). The van der Waals surface area contributed by atoms with Crippen LogP contribution in [0.3, 0.4) is 0 Å². The summed E-state index contributed by atoms with van der Waals surface area (Å²) in [5, 5.41) is 6.96. The Morgan fingerprint density at radius 2 is 2.28 bits per heavy atom. The average molecular weight is 243 g/mol. The minimum absolute atomic E-state index is 0.0482. The van der Waals surface area contributed by atoms with Crippen molar-refractivity contribution < 1.29 is 4.79 Å². The van der Waals surface area contributed by atoms with Gasteiger partial charge in [-0.1, -0.05) is 29.8 Å². The molecule has 1 aromatic carbocycles. The van der Waals surface area contributed by atoms with Gasteiger partial charge in [-0.25, -0.2) is 0 Å². The summed E-state index contributed by atoms with van der Waals surface area (Å²) in [7, 11) is 0. The first-order valence-corrected chi connectivity index (χ1v) is 6.04. The van der Waals surface area contributed by atoms with Crippen LogP contribution < -0.4 is 5.32 Å². The van der Waals surface area contributed by atoms with Crippen LogP contribution in [0, 0.1) is 6.92 Å². The molecular formula is C14H17N3O. The zero-order chi connectivity index (χ0) is 12.8. The zero-order valence-electron chi connectivity index (χ0n) is 10.5. The van der Waals surface area contributed by atoms with Crippen LogP contribution in [0.1, 0.15) is 17.5 Å². The van der Waals surface area contributed by atoms with Crippen LogP contribution in [0.25, 0.3) is 0 Å². The average Bonchev–Trinajstić information content (AvgIpc) is 2.87. The summed E-state index contributed by atoms with van der Waals surface area (Å²) in [6.45, 7) is 3.25. The molecule has 0 aliphatic carbocycles. The van der Waals surface area contributed by atoms with E-state index < -0.39 is 0 Å². The fraction of sp³-hybridized carbons (Fsp3) is 0.286. The molecule has 18 heavy (non-hydrogen) atoms. The summed E-state index contributed by atoms with van der Waals surface area (Å²) in [6, 6.07) is 9.99. The van der Waals surface area contributed by atoms with Crippen molar-refractivity contribution in [1.29, 1.82) is 0 Å². The van der Waals surface area contributed by atoms with E-state index in [0.717, 1.165) is 5.56 Å². The zero-order valence-corrected chi connectivity index (χ0v) is 10.5. The Hall–Kier alpha value is -2.10. The summed E-state index contributed by atoms with van der Waals surface area (Å²) in [4.78, 5) is 11.6. The molecule has 1 aromatic heterocycles. The topological polar surface area (TPSA) is 46.9 Å². The number of carbonyl (C=O) groups excluding carboxylic acids is 1. The molecule has 0 fully saturated rings. The van der Waals surface area contributed by atoms with Gasteiger partial charge in [0.1, 0.15) is 0 Å². The maximum Gasteiger partial charge on any atom is 0.222 e. The van der Waals surface area contributed by atoms with Crippen molar-refractivity contribution in [2.45, 2.75) is 26.4 Å². The van der Waals surface area contributed by atoms with Crippen LogP contribution in [0.5, 0.6) is 0 Å². The lowest BCUT2D eigenvalue weighted by atomic mass is 10.1. The Morgan fingerprint density at radius 3 is 3.00 bits per heavy atom. The SMILES string of the molecule is Cc1cccc(CNC(=O)CCn2cccn2)c1. The minimum Gasteiger partial charge on any atom is -0.352 e. The van der Waals surface area contributed by atoms with Crippen LogP contribution >= 0.6 is 0 Å². The Labute approximate surface area is 107 Å². The van der Waals surface area contributed by atoms with Gasteiger partial charge in [0.15, 0.2) is 0 Å². The Bertz CT molecular complexity index is 506. The van der Waals surface area contributed by atoms with E-state index in [1.165, 1.54) is 5.56 Å². The normalized spacial score (nSPS) is 10.3. The third-order valence-corrected chi connectivity index (χ3v) is 2.70. The van der Waals surface area contributed by atoms with Gasteiger partial charge in [0.05, 0.1) is 0 Å². The summed E-state index contributed by atoms with van der Waals surface area (Å²) in [5.41, 5.74) is 2.33. The van der Waals surface area contributed by atoms with E-state index in [2.05, 4.69) is 16.5 Å². The van der Waals surface area contributed by atoms with Crippen molar-refractivity contribution in [2.75, 3.05) is 0 Å². The van der Waals surface area contributed by atoms with Crippen molar-refractivity contribution in [1.82, 2.24) is 15.1 Å². The van der Waals surface area contributed by atoms with E-state index >= 15 is 0 Å². The first kappa shape index (κ1) is 12.4. The van der Waals surface area contributed by atoms with E-state index in [4.69, 9.17) is 0 Å². The largest absolute Gasteiger partial charge is 0.352 e. The van der Waals surface area contributed by atoms with Gasteiger partial charge in [-0.2, -0.15) is 5.10 Å². The third kappa shape index (κ3) is 3.73. The maximum atomic E-state index is 11.6. The van der Waals surface area contributed by atoms with E-state index in [1.807, 2.05) is 37.4 Å². The van der Waals surface area contributed by atoms with E-state index in [-0.39, 0.29) is 5.91 Å². The third-order valence-electron chi connectivity index (χ3n) is 2.70. The predicted molar refractivity (Wildman–Crippen MR) is 69.9 cm³/mol. The Kier molecular flexibility index (Phi) is 4.12. The van der Waals surface area contributed by atoms with Gasteiger partial charge in [-0.05, 0) is 18.6 Å². The van der Waals surface area contributed by atoms with Crippen molar-refractivity contribution in [3.63, 3.8) is 0 Å². The number of amides is 1. The van der Waals surface area contributed by atoms with Gasteiger partial charge >= 0.3 is 0 Å². The number of aryl methyl sites for hydroxylation is 2. The molecule has 0 unspecified atom stereocenters. The second-order valence-electron chi connectivity index (χ2n) is 4.28. The number of aromatic nitrogens is 2. The van der Waals surface area contributed by atoms with Crippen molar-refractivity contribution in [2.24, 2.45) is 0 Å². The number of rotatable bonds is 5. The van der Waals surface area contributed by atoms with Gasteiger partial charge in [0.2, 0.25) is 5.91 Å². The molecule has 2 aromatic rings. The maximum absolute atomic E-state index is 11.6. The van der Waals surface area contributed by atoms with E-state index in [0.29, 0.717) is 19.5 Å². The Morgan fingerprint density at radius 1 is 1.39 bits per heavy atom. The molecule has 0 aliphatic heterocycles. The lowest BCUT2D eigenvalue weighted by Crippen LogP contribution is -2.24. The molecule has 0 spiro atoms. The number of nitrogens with zero attached hydrogens (tertiary/aromatic N) is 2. The van der Waals surface area contributed by atoms with E-state index in [1.54, 1.807) is 10.9 Å². The molecule has 0 saturated heterocycles. The molecule has 2 rings (SSSR count). The highest BCUT2D eigenvalue weighted by atomic mass is 16.1. The highest BCUT2D eigenvalue weighted by Crippen LogP contribution is 2.03. The Balaban J connectivity index is 1.75. The molecule has 4 heteroatoms. The predicted octanol–water partition coefficient (Wildman–Crippen LogP) is 1.90. The molecule has 0 saturated carbocycles. The van der Waals surface area contributed by atoms with Crippen LogP contribution in [0.15, 0.2) is 42.7 Å². The first-order valence-electron chi connectivity index (χ1n) is 6.04. The molecule has 0 atom stereocenters. The molecule has 1 heterocycles. The van der Waals surface area contributed by atoms with Crippen molar-refractivity contribution in [3.8, 4) is 0 Å². The summed E-state index contributed by atoms with van der Waals surface area (Å²) < 4.78 is 1.76. The lowest BCUT2D eigenvalue weighted by Gasteiger charge is -2.06. The van der Waals surface area contributed by atoms with Crippen molar-refractivity contribution >= 4 is 5.91 Å². The van der Waals surface area contributed by atoms with Gasteiger partial charge in [0, 0.05) is 31.9 Å². The summed E-state index contributed by atoms with van der Waals surface area (Å²) >= 11 is 0. The number of hydrogen-bond acceptors (Lipinski definition) is 2. The highest BCUT2D eigenvalue weighted by molar-refractivity contribution is 5.75. The van der Waals surface area contributed by atoms with E-state index in [9.17, 15) is 4.79 Å². The number of nitrogens with one attached hydrogen (secondary N) is 1. The minimum atomic E-state index is 0.0482. The smallest absolute Gasteiger partial charge is 0.222 e. The molecule has 94 valence electrons. The molecular weight excluding hydrogens is 226 g/mol. The van der Waals surface area contributed by atoms with Crippen LogP contribution in [0.4, 0.5) is 0 Å². The summed E-state index contributed by atoms with van der Waals surface area (Å²) in [6.07, 6.45) is 4.02. The van der Waals surface area contributed by atoms with Gasteiger partial charge in [-0.3, -0.25) is 9.48 Å². The van der Waals surface area contributed by atoms with Crippen LogP contribution in [-0.2, 0) is 17.9 Å². The van der Waals surface area contributed by atoms with Crippen molar-refractivity contribution in [3.05, 3.63) is 53.9 Å². The molecule has 0 aliphatic rings. The number of carbonyl (C=O) groups is 1. The van der Waals surface area contributed by atoms with Gasteiger partial charge in [-0.15, -0.1) is 0 Å². The van der Waals surface area contributed by atoms with Gasteiger partial charge in [0.25, 0.3) is 0 Å².